The van der Waals surface area contributed by atoms with Gasteiger partial charge in [-0.05, 0) is 31.3 Å². The summed E-state index contributed by atoms with van der Waals surface area (Å²) in [5.74, 6) is 1.56. The van der Waals surface area contributed by atoms with Gasteiger partial charge in [-0.15, -0.1) is 0 Å². The molecule has 0 aromatic rings. The van der Waals surface area contributed by atoms with Gasteiger partial charge >= 0.3 is 0 Å². The highest BCUT2D eigenvalue weighted by atomic mass is 16.1. The van der Waals surface area contributed by atoms with Crippen LogP contribution in [0.15, 0.2) is 12.2 Å². The van der Waals surface area contributed by atoms with Gasteiger partial charge in [-0.1, -0.05) is 6.08 Å². The lowest BCUT2D eigenvalue weighted by Gasteiger charge is -1.85. The van der Waals surface area contributed by atoms with Crippen molar-refractivity contribution in [3.8, 4) is 0 Å². The number of ketones is 1. The molecule has 2 aliphatic carbocycles. The van der Waals surface area contributed by atoms with Crippen LogP contribution in [0.4, 0.5) is 0 Å². The molecule has 9 heavy (non-hydrogen) atoms. The van der Waals surface area contributed by atoms with E-state index in [1.54, 1.807) is 6.08 Å². The molecule has 0 aromatic heterocycles. The average molecular weight is 122 g/mol. The van der Waals surface area contributed by atoms with Crippen molar-refractivity contribution in [2.24, 2.45) is 11.8 Å². The van der Waals surface area contributed by atoms with Crippen molar-refractivity contribution in [3.63, 3.8) is 0 Å². The van der Waals surface area contributed by atoms with Crippen LogP contribution in [0.1, 0.15) is 19.3 Å². The first kappa shape index (κ1) is 5.21. The summed E-state index contributed by atoms with van der Waals surface area (Å²) >= 11 is 0. The van der Waals surface area contributed by atoms with Crippen LogP contribution in [0, 0.1) is 11.8 Å². The maximum atomic E-state index is 11.0. The van der Waals surface area contributed by atoms with E-state index in [9.17, 15) is 4.79 Å². The normalized spacial score (nSPS) is 39.8. The highest BCUT2D eigenvalue weighted by Crippen LogP contribution is 2.44. The molecule has 0 amide bonds. The minimum Gasteiger partial charge on any atom is -0.295 e. The predicted octanol–water partition coefficient (Wildman–Crippen LogP) is 1.54. The molecule has 0 heterocycles. The maximum absolute atomic E-state index is 11.0. The van der Waals surface area contributed by atoms with E-state index in [0.717, 1.165) is 12.3 Å². The van der Waals surface area contributed by atoms with E-state index in [0.29, 0.717) is 11.7 Å². The molecule has 0 spiro atoms. The van der Waals surface area contributed by atoms with Crippen molar-refractivity contribution in [2.75, 3.05) is 0 Å². The fourth-order valence-corrected chi connectivity index (χ4v) is 1.55. The summed E-state index contributed by atoms with van der Waals surface area (Å²) in [5, 5.41) is 0. The molecule has 0 aromatic carbocycles. The average Bonchev–Trinajstić information content (AvgIpc) is 2.55. The topological polar surface area (TPSA) is 17.1 Å². The molecule has 2 aliphatic rings. The Kier molecular flexibility index (Phi) is 0.981. The zero-order valence-corrected chi connectivity index (χ0v) is 5.34. The molecule has 1 heteroatoms. The van der Waals surface area contributed by atoms with E-state index in [1.165, 1.54) is 12.8 Å². The monoisotopic (exact) mass is 122 g/mol. The summed E-state index contributed by atoms with van der Waals surface area (Å²) in [6, 6.07) is 0. The lowest BCUT2D eigenvalue weighted by atomic mass is 10.2. The van der Waals surface area contributed by atoms with Crippen molar-refractivity contribution in [1.29, 1.82) is 0 Å². The molecule has 0 saturated heterocycles. The Morgan fingerprint density at radius 2 is 2.44 bits per heavy atom. The molecule has 0 N–H and O–H groups in total. The van der Waals surface area contributed by atoms with Crippen molar-refractivity contribution in [3.05, 3.63) is 12.2 Å². The molecular formula is C8H10O. The Hall–Kier alpha value is -0.590. The van der Waals surface area contributed by atoms with Crippen LogP contribution in [-0.4, -0.2) is 5.78 Å². The van der Waals surface area contributed by atoms with Crippen molar-refractivity contribution in [1.82, 2.24) is 0 Å². The Morgan fingerprint density at radius 1 is 1.56 bits per heavy atom. The molecule has 2 rings (SSSR count). The van der Waals surface area contributed by atoms with Gasteiger partial charge < -0.3 is 0 Å². The van der Waals surface area contributed by atoms with Gasteiger partial charge in [-0.2, -0.15) is 0 Å². The third kappa shape index (κ3) is 0.805. The maximum Gasteiger partial charge on any atom is 0.158 e. The van der Waals surface area contributed by atoms with E-state index < -0.39 is 0 Å². The van der Waals surface area contributed by atoms with Crippen molar-refractivity contribution in [2.45, 2.75) is 19.3 Å². The molecule has 0 unspecified atom stereocenters. The predicted molar refractivity (Wildman–Crippen MR) is 35.0 cm³/mol. The number of fused-ring (bicyclic) bond motifs is 1. The summed E-state index contributed by atoms with van der Waals surface area (Å²) in [5.41, 5.74) is 0. The van der Waals surface area contributed by atoms with Gasteiger partial charge in [0.15, 0.2) is 5.78 Å². The van der Waals surface area contributed by atoms with Crippen LogP contribution in [0.5, 0.6) is 0 Å². The van der Waals surface area contributed by atoms with Gasteiger partial charge in [-0.25, -0.2) is 0 Å². The van der Waals surface area contributed by atoms with Crippen LogP contribution in [-0.2, 0) is 4.79 Å². The van der Waals surface area contributed by atoms with E-state index in [2.05, 4.69) is 0 Å². The number of carbonyl (C=O) groups is 1. The Labute approximate surface area is 54.8 Å². The highest BCUT2D eigenvalue weighted by molar-refractivity contribution is 5.94. The van der Waals surface area contributed by atoms with Gasteiger partial charge in [0.2, 0.25) is 0 Å². The minimum atomic E-state index is 0.373. The summed E-state index contributed by atoms with van der Waals surface area (Å²) in [4.78, 5) is 11.0. The first-order chi connectivity index (χ1) is 4.38. The summed E-state index contributed by atoms with van der Waals surface area (Å²) in [6.07, 6.45) is 7.30. The smallest absolute Gasteiger partial charge is 0.158 e. The molecule has 48 valence electrons. The second kappa shape index (κ2) is 1.69. The van der Waals surface area contributed by atoms with E-state index in [1.807, 2.05) is 6.08 Å². The van der Waals surface area contributed by atoms with Crippen molar-refractivity contribution >= 4 is 5.78 Å². The molecule has 0 aliphatic heterocycles. The van der Waals surface area contributed by atoms with E-state index in [-0.39, 0.29) is 0 Å². The lowest BCUT2D eigenvalue weighted by Crippen LogP contribution is -1.94. The largest absolute Gasteiger partial charge is 0.295 e. The van der Waals surface area contributed by atoms with Gasteiger partial charge in [0, 0.05) is 5.92 Å². The second-order valence-corrected chi connectivity index (χ2v) is 2.98. The lowest BCUT2D eigenvalue weighted by molar-refractivity contribution is -0.115. The molecule has 0 radical (unpaired) electrons. The fraction of sp³-hybridized carbons (Fsp3) is 0.625. The Bertz CT molecular complexity index is 169. The van der Waals surface area contributed by atoms with Crippen molar-refractivity contribution < 1.29 is 4.79 Å². The third-order valence-electron chi connectivity index (χ3n) is 2.27. The summed E-state index contributed by atoms with van der Waals surface area (Å²) < 4.78 is 0. The Balaban J connectivity index is 2.15. The zero-order chi connectivity index (χ0) is 6.27. The summed E-state index contributed by atoms with van der Waals surface area (Å²) in [7, 11) is 0. The van der Waals surface area contributed by atoms with E-state index >= 15 is 0 Å². The molecule has 2 atom stereocenters. The molecule has 1 nitrogen and oxygen atoms in total. The number of hydrogen-bond donors (Lipinski definition) is 0. The van der Waals surface area contributed by atoms with Crippen LogP contribution in [0.25, 0.3) is 0 Å². The van der Waals surface area contributed by atoms with Gasteiger partial charge in [-0.3, -0.25) is 4.79 Å². The number of allylic oxidation sites excluding steroid dienone is 2. The quantitative estimate of drug-likeness (QED) is 0.476. The number of hydrogen-bond acceptors (Lipinski definition) is 1. The van der Waals surface area contributed by atoms with Gasteiger partial charge in [0.25, 0.3) is 0 Å². The van der Waals surface area contributed by atoms with E-state index in [4.69, 9.17) is 0 Å². The molecular weight excluding hydrogens is 112 g/mol. The zero-order valence-electron chi connectivity index (χ0n) is 5.34. The van der Waals surface area contributed by atoms with Crippen LogP contribution in [0.3, 0.4) is 0 Å². The van der Waals surface area contributed by atoms with Gasteiger partial charge in [0.1, 0.15) is 0 Å². The highest BCUT2D eigenvalue weighted by Gasteiger charge is 2.41. The molecule has 1 fully saturated rings. The van der Waals surface area contributed by atoms with Crippen LogP contribution < -0.4 is 0 Å². The molecule has 1 saturated carbocycles. The first-order valence-corrected chi connectivity index (χ1v) is 3.58. The fourth-order valence-electron chi connectivity index (χ4n) is 1.55. The molecule has 0 bridgehead atoms. The van der Waals surface area contributed by atoms with Crippen LogP contribution in [0.2, 0.25) is 0 Å². The minimum absolute atomic E-state index is 0.373. The Morgan fingerprint density at radius 3 is 3.33 bits per heavy atom. The SMILES string of the molecule is O=C1C=CCC[C@H]2C[C@@H]12. The number of rotatable bonds is 0. The summed E-state index contributed by atoms with van der Waals surface area (Å²) in [6.45, 7) is 0. The third-order valence-corrected chi connectivity index (χ3v) is 2.27. The van der Waals surface area contributed by atoms with Crippen LogP contribution >= 0.6 is 0 Å². The van der Waals surface area contributed by atoms with Gasteiger partial charge in [0.05, 0.1) is 0 Å². The number of carbonyl (C=O) groups excluding carboxylic acids is 1. The first-order valence-electron chi connectivity index (χ1n) is 3.58. The standard InChI is InChI=1S/C8H10O/c9-8-4-2-1-3-6-5-7(6)8/h2,4,6-7H,1,3,5H2/t6-,7+/m0/s1. The second-order valence-electron chi connectivity index (χ2n) is 2.98.